The van der Waals surface area contributed by atoms with Crippen molar-refractivity contribution in [2.45, 2.75) is 65.6 Å². The van der Waals surface area contributed by atoms with Crippen molar-refractivity contribution in [3.05, 3.63) is 65.5 Å². The van der Waals surface area contributed by atoms with E-state index in [2.05, 4.69) is 5.32 Å². The molecule has 0 saturated heterocycles. The lowest BCUT2D eigenvalue weighted by Crippen LogP contribution is -2.52. The highest BCUT2D eigenvalue weighted by Crippen LogP contribution is 2.29. The first-order valence-corrected chi connectivity index (χ1v) is 13.6. The first-order valence-electron chi connectivity index (χ1n) is 11.8. The second-order valence-electron chi connectivity index (χ2n) is 9.09. The smallest absolute Gasteiger partial charge is 0.244 e. The Morgan fingerprint density at radius 2 is 1.60 bits per heavy atom. The van der Waals surface area contributed by atoms with Crippen molar-refractivity contribution in [3.63, 3.8) is 0 Å². The minimum atomic E-state index is -3.84. The number of carbonyl (C=O) groups excluding carboxylic acids is 2. The number of amides is 2. The van der Waals surface area contributed by atoms with Gasteiger partial charge in [0.25, 0.3) is 0 Å². The molecule has 0 aliphatic carbocycles. The van der Waals surface area contributed by atoms with Gasteiger partial charge in [0, 0.05) is 18.2 Å². The van der Waals surface area contributed by atoms with E-state index < -0.39 is 40.2 Å². The Hall–Kier alpha value is -2.94. The molecule has 0 unspecified atom stereocenters. The van der Waals surface area contributed by atoms with E-state index in [9.17, 15) is 22.4 Å². The van der Waals surface area contributed by atoms with E-state index in [1.54, 1.807) is 25.1 Å². The highest BCUT2D eigenvalue weighted by molar-refractivity contribution is 7.92. The molecule has 2 atom stereocenters. The van der Waals surface area contributed by atoms with Crippen LogP contribution in [-0.4, -0.2) is 50.0 Å². The average molecular weight is 506 g/mol. The molecule has 35 heavy (non-hydrogen) atoms. The standard InChI is InChI=1S/C26H36FN3O4S/c1-7-19(4)28-26(32)20(5)29(16-21-12-8-10-14-23(21)27)25(31)17-30(35(6,33)34)24-15-11-9-13-22(24)18(2)3/h8-15,18-20H,7,16-17H2,1-6H3,(H,28,32)/t19-,20+/m1/s1. The second kappa shape index (κ2) is 12.2. The highest BCUT2D eigenvalue weighted by Gasteiger charge is 2.31. The topological polar surface area (TPSA) is 86.8 Å². The summed E-state index contributed by atoms with van der Waals surface area (Å²) in [5, 5.41) is 2.85. The van der Waals surface area contributed by atoms with E-state index in [1.165, 1.54) is 23.1 Å². The summed E-state index contributed by atoms with van der Waals surface area (Å²) in [4.78, 5) is 27.7. The Bertz CT molecular complexity index is 1140. The van der Waals surface area contributed by atoms with E-state index in [1.807, 2.05) is 39.8 Å². The monoisotopic (exact) mass is 505 g/mol. The summed E-state index contributed by atoms with van der Waals surface area (Å²) >= 11 is 0. The van der Waals surface area contributed by atoms with Crippen LogP contribution in [0.5, 0.6) is 0 Å². The Morgan fingerprint density at radius 3 is 2.17 bits per heavy atom. The van der Waals surface area contributed by atoms with Crippen molar-refractivity contribution in [3.8, 4) is 0 Å². The van der Waals surface area contributed by atoms with Crippen LogP contribution in [0.25, 0.3) is 0 Å². The lowest BCUT2D eigenvalue weighted by molar-refractivity contribution is -0.139. The number of para-hydroxylation sites is 1. The molecule has 2 amide bonds. The Morgan fingerprint density at radius 1 is 1.00 bits per heavy atom. The van der Waals surface area contributed by atoms with Crippen LogP contribution in [0.15, 0.2) is 48.5 Å². The maximum Gasteiger partial charge on any atom is 0.244 e. The number of nitrogens with zero attached hydrogens (tertiary/aromatic N) is 2. The van der Waals surface area contributed by atoms with Crippen LogP contribution < -0.4 is 9.62 Å². The molecular weight excluding hydrogens is 469 g/mol. The Labute approximate surface area is 208 Å². The zero-order chi connectivity index (χ0) is 26.3. The normalized spacial score (nSPS) is 13.3. The number of hydrogen-bond acceptors (Lipinski definition) is 4. The van der Waals surface area contributed by atoms with Crippen molar-refractivity contribution in [2.75, 3.05) is 17.1 Å². The molecule has 0 saturated carbocycles. The molecule has 0 aliphatic rings. The largest absolute Gasteiger partial charge is 0.352 e. The SMILES string of the molecule is CC[C@@H](C)NC(=O)[C@H](C)N(Cc1ccccc1F)C(=O)CN(c1ccccc1C(C)C)S(C)(=O)=O. The molecule has 0 aromatic heterocycles. The predicted molar refractivity (Wildman–Crippen MR) is 137 cm³/mol. The molecule has 0 bridgehead atoms. The number of rotatable bonds is 11. The molecule has 0 aliphatic heterocycles. The van der Waals surface area contributed by atoms with Crippen molar-refractivity contribution in [1.82, 2.24) is 10.2 Å². The van der Waals surface area contributed by atoms with Gasteiger partial charge in [-0.2, -0.15) is 0 Å². The molecule has 2 aromatic carbocycles. The fraction of sp³-hybridized carbons (Fsp3) is 0.462. The van der Waals surface area contributed by atoms with Gasteiger partial charge in [0.1, 0.15) is 18.4 Å². The fourth-order valence-electron chi connectivity index (χ4n) is 3.66. The molecule has 0 spiro atoms. The Kier molecular flexibility index (Phi) is 9.82. The van der Waals surface area contributed by atoms with Gasteiger partial charge in [-0.3, -0.25) is 13.9 Å². The summed E-state index contributed by atoms with van der Waals surface area (Å²) < 4.78 is 41.1. The van der Waals surface area contributed by atoms with Crippen LogP contribution in [0.1, 0.15) is 58.1 Å². The van der Waals surface area contributed by atoms with Crippen molar-refractivity contribution in [2.24, 2.45) is 0 Å². The zero-order valence-corrected chi connectivity index (χ0v) is 22.1. The summed E-state index contributed by atoms with van der Waals surface area (Å²) in [6, 6.07) is 12.0. The van der Waals surface area contributed by atoms with Gasteiger partial charge in [0.2, 0.25) is 21.8 Å². The van der Waals surface area contributed by atoms with Crippen molar-refractivity contribution in [1.29, 1.82) is 0 Å². The van der Waals surface area contributed by atoms with Crippen LogP contribution in [0.2, 0.25) is 0 Å². The molecule has 192 valence electrons. The molecular formula is C26H36FN3O4S. The van der Waals surface area contributed by atoms with Crippen LogP contribution in [0, 0.1) is 5.82 Å². The van der Waals surface area contributed by atoms with Gasteiger partial charge in [0.05, 0.1) is 11.9 Å². The van der Waals surface area contributed by atoms with Gasteiger partial charge in [-0.1, -0.05) is 57.2 Å². The van der Waals surface area contributed by atoms with Crippen LogP contribution >= 0.6 is 0 Å². The highest BCUT2D eigenvalue weighted by atomic mass is 32.2. The number of sulfonamides is 1. The first-order chi connectivity index (χ1) is 16.4. The van der Waals surface area contributed by atoms with Crippen molar-refractivity contribution < 1.29 is 22.4 Å². The van der Waals surface area contributed by atoms with Gasteiger partial charge in [-0.25, -0.2) is 12.8 Å². The predicted octanol–water partition coefficient (Wildman–Crippen LogP) is 4.05. The number of halogens is 1. The zero-order valence-electron chi connectivity index (χ0n) is 21.3. The first kappa shape index (κ1) is 28.3. The summed E-state index contributed by atoms with van der Waals surface area (Å²) in [6.07, 6.45) is 1.74. The van der Waals surface area contributed by atoms with Gasteiger partial charge >= 0.3 is 0 Å². The summed E-state index contributed by atoms with van der Waals surface area (Å²) in [5.74, 6) is -1.49. The molecule has 7 nitrogen and oxygen atoms in total. The van der Waals surface area contributed by atoms with Gasteiger partial charge in [0.15, 0.2) is 0 Å². The molecule has 0 fully saturated rings. The number of benzene rings is 2. The lowest BCUT2D eigenvalue weighted by Gasteiger charge is -2.32. The third kappa shape index (κ3) is 7.52. The van der Waals surface area contributed by atoms with Gasteiger partial charge < -0.3 is 10.2 Å². The van der Waals surface area contributed by atoms with E-state index in [0.29, 0.717) is 12.1 Å². The van der Waals surface area contributed by atoms with E-state index in [0.717, 1.165) is 16.1 Å². The van der Waals surface area contributed by atoms with E-state index in [-0.39, 0.29) is 24.1 Å². The maximum atomic E-state index is 14.5. The molecule has 2 rings (SSSR count). The van der Waals surface area contributed by atoms with Gasteiger partial charge in [-0.15, -0.1) is 0 Å². The number of anilines is 1. The second-order valence-corrected chi connectivity index (χ2v) is 11.0. The number of hydrogen-bond donors (Lipinski definition) is 1. The summed E-state index contributed by atoms with van der Waals surface area (Å²) in [5.41, 5.74) is 1.41. The van der Waals surface area contributed by atoms with Crippen LogP contribution in [0.4, 0.5) is 10.1 Å². The van der Waals surface area contributed by atoms with Crippen molar-refractivity contribution >= 4 is 27.5 Å². The van der Waals surface area contributed by atoms with Crippen LogP contribution in [0.3, 0.4) is 0 Å². The minimum absolute atomic E-state index is 0.0142. The number of nitrogens with one attached hydrogen (secondary N) is 1. The summed E-state index contributed by atoms with van der Waals surface area (Å²) in [7, 11) is -3.84. The minimum Gasteiger partial charge on any atom is -0.352 e. The van der Waals surface area contributed by atoms with Crippen LogP contribution in [-0.2, 0) is 26.2 Å². The molecule has 1 N–H and O–H groups in total. The third-order valence-corrected chi connectivity index (χ3v) is 7.10. The molecule has 0 radical (unpaired) electrons. The van der Waals surface area contributed by atoms with E-state index >= 15 is 0 Å². The maximum absolute atomic E-state index is 14.5. The Balaban J connectivity index is 2.47. The average Bonchev–Trinajstić information content (AvgIpc) is 2.80. The summed E-state index contributed by atoms with van der Waals surface area (Å²) in [6.45, 7) is 8.51. The fourth-order valence-corrected chi connectivity index (χ4v) is 4.52. The lowest BCUT2D eigenvalue weighted by atomic mass is 10.0. The van der Waals surface area contributed by atoms with Gasteiger partial charge in [-0.05, 0) is 43.9 Å². The molecule has 0 heterocycles. The quantitative estimate of drug-likeness (QED) is 0.499. The molecule has 2 aromatic rings. The molecule has 9 heteroatoms. The van der Waals surface area contributed by atoms with E-state index in [4.69, 9.17) is 0 Å². The number of carbonyl (C=O) groups is 2. The third-order valence-electron chi connectivity index (χ3n) is 5.97.